The Morgan fingerprint density at radius 1 is 1.23 bits per heavy atom. The smallest absolute Gasteiger partial charge is 0.266 e. The molecule has 7 heteroatoms. The molecule has 0 spiro atoms. The molecule has 0 aliphatic carbocycles. The summed E-state index contributed by atoms with van der Waals surface area (Å²) in [4.78, 5) is 30.8. The van der Waals surface area contributed by atoms with Crippen molar-refractivity contribution in [3.8, 4) is 5.75 Å². The first-order valence-electron chi connectivity index (χ1n) is 8.25. The minimum atomic E-state index is -0.824. The summed E-state index contributed by atoms with van der Waals surface area (Å²) < 4.78 is 6.78. The molecule has 1 aliphatic heterocycles. The van der Waals surface area contributed by atoms with Crippen molar-refractivity contribution in [1.29, 1.82) is 0 Å². The molecule has 1 atom stereocenters. The van der Waals surface area contributed by atoms with Crippen LogP contribution in [0.1, 0.15) is 11.4 Å². The largest absolute Gasteiger partial charge is 0.478 e. The molecule has 2 aromatic carbocycles. The third kappa shape index (κ3) is 3.25. The van der Waals surface area contributed by atoms with E-state index < -0.39 is 6.10 Å². The fourth-order valence-corrected chi connectivity index (χ4v) is 3.84. The lowest BCUT2D eigenvalue weighted by molar-refractivity contribution is -0.136. The number of amides is 2. The van der Waals surface area contributed by atoms with Crippen molar-refractivity contribution in [2.24, 2.45) is 0 Å². The number of carbonyl (C=O) groups excluding carboxylic acids is 2. The van der Waals surface area contributed by atoms with Gasteiger partial charge in [0.15, 0.2) is 6.10 Å². The number of anilines is 1. The molecular formula is C19H17N3O3S. The monoisotopic (exact) mass is 367 g/mol. The van der Waals surface area contributed by atoms with Crippen LogP contribution in [0.4, 0.5) is 5.69 Å². The lowest BCUT2D eigenvalue weighted by Crippen LogP contribution is -2.41. The summed E-state index contributed by atoms with van der Waals surface area (Å²) in [5.74, 6) is 0.118. The average Bonchev–Trinajstić information content (AvgIpc) is 3.04. The number of fused-ring (bicyclic) bond motifs is 2. The second-order valence-electron chi connectivity index (χ2n) is 6.12. The molecule has 6 nitrogen and oxygen atoms in total. The van der Waals surface area contributed by atoms with Crippen molar-refractivity contribution in [1.82, 2.24) is 9.88 Å². The van der Waals surface area contributed by atoms with Crippen LogP contribution in [-0.2, 0) is 16.1 Å². The molecule has 3 aromatic rings. The zero-order valence-electron chi connectivity index (χ0n) is 14.1. The van der Waals surface area contributed by atoms with Gasteiger partial charge in [-0.2, -0.15) is 0 Å². The third-order valence-corrected chi connectivity index (χ3v) is 5.22. The summed E-state index contributed by atoms with van der Waals surface area (Å²) in [5, 5.41) is 3.64. The van der Waals surface area contributed by atoms with Gasteiger partial charge in [-0.05, 0) is 24.3 Å². The van der Waals surface area contributed by atoms with Gasteiger partial charge in [-0.3, -0.25) is 9.59 Å². The third-order valence-electron chi connectivity index (χ3n) is 4.20. The Hall–Kier alpha value is -2.93. The lowest BCUT2D eigenvalue weighted by Gasteiger charge is -2.26. The molecule has 0 unspecified atom stereocenters. The van der Waals surface area contributed by atoms with Crippen LogP contribution in [0, 0.1) is 0 Å². The number of hydrogen-bond acceptors (Lipinski definition) is 5. The molecule has 132 valence electrons. The highest BCUT2D eigenvalue weighted by atomic mass is 32.1. The predicted octanol–water partition coefficient (Wildman–Crippen LogP) is 3.04. The highest BCUT2D eigenvalue weighted by Gasteiger charge is 2.30. The maximum absolute atomic E-state index is 12.5. The number of benzene rings is 2. The second kappa shape index (κ2) is 6.76. The molecule has 4 rings (SSSR count). The number of hydrogen-bond donors (Lipinski definition) is 1. The van der Waals surface area contributed by atoms with E-state index in [4.69, 9.17) is 4.74 Å². The maximum atomic E-state index is 12.5. The Labute approximate surface area is 154 Å². The SMILES string of the molecule is CN(Cc1nc2ccccc2s1)C(=O)C[C@@H]1Oc2ccccc2NC1=O. The molecule has 1 aliphatic rings. The number of nitrogens with zero attached hydrogens (tertiary/aromatic N) is 2. The Kier molecular flexibility index (Phi) is 4.30. The Morgan fingerprint density at radius 2 is 2.00 bits per heavy atom. The van der Waals surface area contributed by atoms with Crippen LogP contribution in [0.15, 0.2) is 48.5 Å². The van der Waals surface area contributed by atoms with Crippen molar-refractivity contribution in [3.63, 3.8) is 0 Å². The lowest BCUT2D eigenvalue weighted by atomic mass is 10.1. The summed E-state index contributed by atoms with van der Waals surface area (Å²) in [6, 6.07) is 15.1. The van der Waals surface area contributed by atoms with Crippen LogP contribution in [0.5, 0.6) is 5.75 Å². The first kappa shape index (κ1) is 16.5. The van der Waals surface area contributed by atoms with Gasteiger partial charge in [0.25, 0.3) is 5.91 Å². The van der Waals surface area contributed by atoms with Crippen molar-refractivity contribution < 1.29 is 14.3 Å². The second-order valence-corrected chi connectivity index (χ2v) is 7.24. The number of para-hydroxylation sites is 3. The molecule has 1 N–H and O–H groups in total. The van der Waals surface area contributed by atoms with Gasteiger partial charge < -0.3 is 15.0 Å². The Balaban J connectivity index is 1.42. The Bertz CT molecular complexity index is 952. The van der Waals surface area contributed by atoms with E-state index in [0.29, 0.717) is 18.0 Å². The normalized spacial score (nSPS) is 15.9. The standard InChI is InChI=1S/C19H17N3O3S/c1-22(11-17-20-13-7-3-5-9-16(13)26-17)18(23)10-15-19(24)21-12-6-2-4-8-14(12)25-15/h2-9,15H,10-11H2,1H3,(H,21,24)/t15-/m0/s1. The predicted molar refractivity (Wildman–Crippen MR) is 100 cm³/mol. The molecule has 26 heavy (non-hydrogen) atoms. The number of nitrogens with one attached hydrogen (secondary N) is 1. The first-order chi connectivity index (χ1) is 12.6. The van der Waals surface area contributed by atoms with Crippen LogP contribution < -0.4 is 10.1 Å². The molecule has 0 bridgehead atoms. The van der Waals surface area contributed by atoms with Crippen molar-refractivity contribution in [2.75, 3.05) is 12.4 Å². The minimum Gasteiger partial charge on any atom is -0.478 e. The van der Waals surface area contributed by atoms with E-state index in [2.05, 4.69) is 10.3 Å². The highest BCUT2D eigenvalue weighted by molar-refractivity contribution is 7.18. The topological polar surface area (TPSA) is 71.5 Å². The van der Waals surface area contributed by atoms with Crippen LogP contribution >= 0.6 is 11.3 Å². The molecule has 1 aromatic heterocycles. The van der Waals surface area contributed by atoms with Gasteiger partial charge >= 0.3 is 0 Å². The minimum absolute atomic E-state index is 0.0123. The Morgan fingerprint density at radius 3 is 2.85 bits per heavy atom. The number of aromatic nitrogens is 1. The summed E-state index contributed by atoms with van der Waals surface area (Å²) in [7, 11) is 1.71. The zero-order chi connectivity index (χ0) is 18.1. The van der Waals surface area contributed by atoms with Gasteiger partial charge in [0.2, 0.25) is 5.91 Å². The highest BCUT2D eigenvalue weighted by Crippen LogP contribution is 2.30. The van der Waals surface area contributed by atoms with Gasteiger partial charge in [-0.15, -0.1) is 11.3 Å². The van der Waals surface area contributed by atoms with Gasteiger partial charge in [0, 0.05) is 7.05 Å². The van der Waals surface area contributed by atoms with Gasteiger partial charge in [0.1, 0.15) is 10.8 Å². The fourth-order valence-electron chi connectivity index (χ4n) is 2.82. The summed E-state index contributed by atoms with van der Waals surface area (Å²) in [5.41, 5.74) is 1.56. The number of carbonyl (C=O) groups is 2. The zero-order valence-corrected chi connectivity index (χ0v) is 15.0. The number of rotatable bonds is 4. The summed E-state index contributed by atoms with van der Waals surface area (Å²) in [6.45, 7) is 0.406. The van der Waals surface area contributed by atoms with Crippen LogP contribution in [0.2, 0.25) is 0 Å². The molecule has 0 fully saturated rings. The average molecular weight is 367 g/mol. The molecule has 0 saturated carbocycles. The van der Waals surface area contributed by atoms with E-state index >= 15 is 0 Å². The van der Waals surface area contributed by atoms with Gasteiger partial charge in [0.05, 0.1) is 28.9 Å². The van der Waals surface area contributed by atoms with Crippen molar-refractivity contribution in [3.05, 3.63) is 53.5 Å². The maximum Gasteiger partial charge on any atom is 0.266 e. The van der Waals surface area contributed by atoms with E-state index in [1.54, 1.807) is 35.4 Å². The number of ether oxygens (including phenoxy) is 1. The van der Waals surface area contributed by atoms with Gasteiger partial charge in [-0.25, -0.2) is 4.98 Å². The van der Waals surface area contributed by atoms with Crippen LogP contribution in [-0.4, -0.2) is 34.8 Å². The summed E-state index contributed by atoms with van der Waals surface area (Å²) in [6.07, 6.45) is -0.836. The van der Waals surface area contributed by atoms with E-state index in [1.807, 2.05) is 36.4 Å². The molecule has 2 heterocycles. The summed E-state index contributed by atoms with van der Waals surface area (Å²) >= 11 is 1.56. The van der Waals surface area contributed by atoms with Crippen LogP contribution in [0.3, 0.4) is 0 Å². The molecular weight excluding hydrogens is 350 g/mol. The molecule has 0 saturated heterocycles. The van der Waals surface area contributed by atoms with E-state index in [-0.39, 0.29) is 18.2 Å². The van der Waals surface area contributed by atoms with Crippen molar-refractivity contribution in [2.45, 2.75) is 19.1 Å². The molecule has 0 radical (unpaired) electrons. The van der Waals surface area contributed by atoms with Gasteiger partial charge in [-0.1, -0.05) is 24.3 Å². The quantitative estimate of drug-likeness (QED) is 0.769. The fraction of sp³-hybridized carbons (Fsp3) is 0.211. The van der Waals surface area contributed by atoms with Crippen molar-refractivity contribution >= 4 is 39.1 Å². The van der Waals surface area contributed by atoms with Crippen LogP contribution in [0.25, 0.3) is 10.2 Å². The molecule has 2 amide bonds. The first-order valence-corrected chi connectivity index (χ1v) is 9.07. The van der Waals surface area contributed by atoms with E-state index in [9.17, 15) is 9.59 Å². The van der Waals surface area contributed by atoms with E-state index in [0.717, 1.165) is 15.2 Å². The van der Waals surface area contributed by atoms with E-state index in [1.165, 1.54) is 0 Å². The number of thiazole rings is 1.